The molecule has 7 heteroatoms. The molecule has 0 unspecified atom stereocenters. The molecule has 1 aromatic heterocycles. The van der Waals surface area contributed by atoms with Gasteiger partial charge in [-0.05, 0) is 37.5 Å². The molecule has 2 fully saturated rings. The number of carbonyl (C=O) groups is 2. The summed E-state index contributed by atoms with van der Waals surface area (Å²) in [6.45, 7) is 6.77. The van der Waals surface area contributed by atoms with Crippen molar-refractivity contribution in [3.05, 3.63) is 59.3 Å². The van der Waals surface area contributed by atoms with E-state index in [1.807, 2.05) is 48.2 Å². The van der Waals surface area contributed by atoms with Gasteiger partial charge in [0.15, 0.2) is 5.78 Å². The monoisotopic (exact) mass is 422 g/mol. The fourth-order valence-corrected chi connectivity index (χ4v) is 4.12. The van der Waals surface area contributed by atoms with Gasteiger partial charge in [-0.3, -0.25) is 4.79 Å². The number of benzene rings is 1. The second kappa shape index (κ2) is 9.92. The maximum atomic E-state index is 12.7. The Labute approximate surface area is 183 Å². The van der Waals surface area contributed by atoms with Crippen LogP contribution in [0.4, 0.5) is 10.6 Å². The molecule has 4 rings (SSSR count). The molecule has 0 bridgehead atoms. The first-order valence-electron chi connectivity index (χ1n) is 11.0. The van der Waals surface area contributed by atoms with Crippen LogP contribution in [0.2, 0.25) is 0 Å². The first-order chi connectivity index (χ1) is 15.1. The van der Waals surface area contributed by atoms with Crippen LogP contribution >= 0.6 is 0 Å². The molecule has 2 amide bonds. The molecule has 1 N–H and O–H groups in total. The molecule has 2 aliphatic heterocycles. The van der Waals surface area contributed by atoms with E-state index < -0.39 is 0 Å². The lowest BCUT2D eigenvalue weighted by Gasteiger charge is -2.31. The molecule has 2 aromatic rings. The van der Waals surface area contributed by atoms with E-state index in [-0.39, 0.29) is 17.7 Å². The number of hydrogen-bond donors (Lipinski definition) is 1. The Morgan fingerprint density at radius 2 is 1.77 bits per heavy atom. The number of aromatic nitrogens is 1. The summed E-state index contributed by atoms with van der Waals surface area (Å²) >= 11 is 0. The number of hydrogen-bond acceptors (Lipinski definition) is 5. The highest BCUT2D eigenvalue weighted by Gasteiger charge is 2.27. The Morgan fingerprint density at radius 3 is 2.48 bits per heavy atom. The third-order valence-corrected chi connectivity index (χ3v) is 6.08. The molecule has 2 aliphatic rings. The average Bonchev–Trinajstić information content (AvgIpc) is 2.83. The zero-order valence-corrected chi connectivity index (χ0v) is 18.0. The van der Waals surface area contributed by atoms with Crippen LogP contribution in [0, 0.1) is 12.8 Å². The van der Waals surface area contributed by atoms with Gasteiger partial charge in [0.2, 0.25) is 0 Å². The van der Waals surface area contributed by atoms with Crippen LogP contribution in [0.1, 0.15) is 34.3 Å². The van der Waals surface area contributed by atoms with Gasteiger partial charge in [-0.2, -0.15) is 0 Å². The number of piperidine rings is 1. The SMILES string of the molecule is Cc1ccc(C(=O)C2CCN(C(=O)NCc3ccnc(N4CCOCC4)c3)CC2)cc1. The van der Waals surface area contributed by atoms with Crippen molar-refractivity contribution in [1.82, 2.24) is 15.2 Å². The minimum absolute atomic E-state index is 0.0111. The molecule has 0 spiro atoms. The number of urea groups is 1. The van der Waals surface area contributed by atoms with Gasteiger partial charge in [-0.25, -0.2) is 9.78 Å². The van der Waals surface area contributed by atoms with Gasteiger partial charge in [0.1, 0.15) is 5.82 Å². The summed E-state index contributed by atoms with van der Waals surface area (Å²) in [7, 11) is 0. The number of ether oxygens (including phenoxy) is 1. The second-order valence-corrected chi connectivity index (χ2v) is 8.27. The topological polar surface area (TPSA) is 74.8 Å². The summed E-state index contributed by atoms with van der Waals surface area (Å²) in [6.07, 6.45) is 3.20. The molecule has 2 saturated heterocycles. The van der Waals surface area contributed by atoms with E-state index in [1.165, 1.54) is 0 Å². The number of rotatable bonds is 5. The van der Waals surface area contributed by atoms with E-state index in [0.717, 1.165) is 35.6 Å². The first-order valence-corrected chi connectivity index (χ1v) is 11.0. The first kappa shape index (κ1) is 21.3. The van der Waals surface area contributed by atoms with E-state index in [2.05, 4.69) is 15.2 Å². The van der Waals surface area contributed by atoms with Crippen molar-refractivity contribution < 1.29 is 14.3 Å². The number of ketones is 1. The standard InChI is InChI=1S/C24H30N4O3/c1-18-2-4-20(5-3-18)23(29)21-7-10-28(11-8-21)24(30)26-17-19-6-9-25-22(16-19)27-12-14-31-15-13-27/h2-6,9,16,21H,7-8,10-15,17H2,1H3,(H,26,30). The molecule has 0 radical (unpaired) electrons. The molecular weight excluding hydrogens is 392 g/mol. The van der Waals surface area contributed by atoms with Crippen molar-refractivity contribution in [2.24, 2.45) is 5.92 Å². The van der Waals surface area contributed by atoms with E-state index in [9.17, 15) is 9.59 Å². The number of nitrogens with one attached hydrogen (secondary N) is 1. The minimum Gasteiger partial charge on any atom is -0.378 e. The van der Waals surface area contributed by atoms with Gasteiger partial charge >= 0.3 is 6.03 Å². The van der Waals surface area contributed by atoms with Crippen LogP contribution in [0.5, 0.6) is 0 Å². The van der Waals surface area contributed by atoms with Crippen LogP contribution in [0.15, 0.2) is 42.6 Å². The van der Waals surface area contributed by atoms with Crippen LogP contribution < -0.4 is 10.2 Å². The van der Waals surface area contributed by atoms with Crippen LogP contribution in [0.25, 0.3) is 0 Å². The van der Waals surface area contributed by atoms with Gasteiger partial charge in [0, 0.05) is 50.4 Å². The maximum absolute atomic E-state index is 12.7. The highest BCUT2D eigenvalue weighted by molar-refractivity contribution is 5.98. The third kappa shape index (κ3) is 5.41. The number of nitrogens with zero attached hydrogens (tertiary/aromatic N) is 3. The molecule has 3 heterocycles. The van der Waals surface area contributed by atoms with E-state index in [1.54, 1.807) is 6.20 Å². The van der Waals surface area contributed by atoms with Gasteiger partial charge in [-0.15, -0.1) is 0 Å². The van der Waals surface area contributed by atoms with Crippen LogP contribution in [-0.4, -0.2) is 61.1 Å². The number of likely N-dealkylation sites (tertiary alicyclic amines) is 1. The Morgan fingerprint density at radius 1 is 1.06 bits per heavy atom. The number of morpholine rings is 1. The van der Waals surface area contributed by atoms with Gasteiger partial charge in [0.05, 0.1) is 13.2 Å². The fraction of sp³-hybridized carbons (Fsp3) is 0.458. The summed E-state index contributed by atoms with van der Waals surface area (Å²) < 4.78 is 5.40. The van der Waals surface area contributed by atoms with E-state index >= 15 is 0 Å². The lowest BCUT2D eigenvalue weighted by Crippen LogP contribution is -2.45. The molecule has 1 aromatic carbocycles. The number of anilines is 1. The molecule has 31 heavy (non-hydrogen) atoms. The Bertz CT molecular complexity index is 901. The van der Waals surface area contributed by atoms with Crippen molar-refractivity contribution in [2.45, 2.75) is 26.3 Å². The Hall–Kier alpha value is -2.93. The van der Waals surface area contributed by atoms with Crippen molar-refractivity contribution in [3.8, 4) is 0 Å². The smallest absolute Gasteiger partial charge is 0.317 e. The normalized spacial score (nSPS) is 17.5. The molecule has 0 aliphatic carbocycles. The van der Waals surface area contributed by atoms with E-state index in [0.29, 0.717) is 45.7 Å². The zero-order chi connectivity index (χ0) is 21.6. The van der Waals surface area contributed by atoms with Crippen molar-refractivity contribution in [1.29, 1.82) is 0 Å². The third-order valence-electron chi connectivity index (χ3n) is 6.08. The summed E-state index contributed by atoms with van der Waals surface area (Å²) in [5, 5.41) is 3.01. The number of aryl methyl sites for hydroxylation is 1. The van der Waals surface area contributed by atoms with Gasteiger partial charge in [-0.1, -0.05) is 29.8 Å². The number of Topliss-reactive ketones (excluding diaryl/α,β-unsaturated/α-hetero) is 1. The maximum Gasteiger partial charge on any atom is 0.317 e. The minimum atomic E-state index is -0.0778. The average molecular weight is 423 g/mol. The summed E-state index contributed by atoms with van der Waals surface area (Å²) in [4.78, 5) is 33.8. The van der Waals surface area contributed by atoms with Crippen molar-refractivity contribution >= 4 is 17.6 Å². The predicted molar refractivity (Wildman–Crippen MR) is 119 cm³/mol. The molecular formula is C24H30N4O3. The quantitative estimate of drug-likeness (QED) is 0.750. The summed E-state index contributed by atoms with van der Waals surface area (Å²) in [5.74, 6) is 1.10. The molecule has 0 atom stereocenters. The van der Waals surface area contributed by atoms with E-state index in [4.69, 9.17) is 4.74 Å². The number of pyridine rings is 1. The lowest BCUT2D eigenvalue weighted by molar-refractivity contribution is 0.0854. The lowest BCUT2D eigenvalue weighted by atomic mass is 9.89. The molecule has 7 nitrogen and oxygen atoms in total. The number of amides is 2. The zero-order valence-electron chi connectivity index (χ0n) is 18.0. The van der Waals surface area contributed by atoms with Gasteiger partial charge < -0.3 is 19.9 Å². The molecule has 164 valence electrons. The van der Waals surface area contributed by atoms with Crippen LogP contribution in [-0.2, 0) is 11.3 Å². The summed E-state index contributed by atoms with van der Waals surface area (Å²) in [5.41, 5.74) is 2.94. The largest absolute Gasteiger partial charge is 0.378 e. The Kier molecular flexibility index (Phi) is 6.82. The van der Waals surface area contributed by atoms with Gasteiger partial charge in [0.25, 0.3) is 0 Å². The summed E-state index contributed by atoms with van der Waals surface area (Å²) in [6, 6.07) is 11.6. The Balaban J connectivity index is 1.26. The van der Waals surface area contributed by atoms with Crippen LogP contribution in [0.3, 0.4) is 0 Å². The fourth-order valence-electron chi connectivity index (χ4n) is 4.12. The highest BCUT2D eigenvalue weighted by Crippen LogP contribution is 2.22. The van der Waals surface area contributed by atoms with Crippen molar-refractivity contribution in [3.63, 3.8) is 0 Å². The molecule has 0 saturated carbocycles. The van der Waals surface area contributed by atoms with Crippen molar-refractivity contribution in [2.75, 3.05) is 44.3 Å². The second-order valence-electron chi connectivity index (χ2n) is 8.27. The predicted octanol–water partition coefficient (Wildman–Crippen LogP) is 3.03. The number of carbonyl (C=O) groups excluding carboxylic acids is 2. The highest BCUT2D eigenvalue weighted by atomic mass is 16.5.